The first-order valence-electron chi connectivity index (χ1n) is 11.9. The van der Waals surface area contributed by atoms with Crippen molar-refractivity contribution in [1.82, 2.24) is 15.0 Å². The molecule has 0 atom stereocenters. The smallest absolute Gasteiger partial charge is 0.250 e. The third-order valence-corrected chi connectivity index (χ3v) is 5.81. The molecular formula is C25H28FN7O3. The van der Waals surface area contributed by atoms with Crippen molar-refractivity contribution in [2.45, 2.75) is 6.61 Å². The van der Waals surface area contributed by atoms with E-state index in [4.69, 9.17) is 19.2 Å². The third-order valence-electron chi connectivity index (χ3n) is 5.81. The summed E-state index contributed by atoms with van der Waals surface area (Å²) in [4.78, 5) is 18.0. The van der Waals surface area contributed by atoms with E-state index in [1.54, 1.807) is 24.4 Å². The number of halogens is 1. The lowest BCUT2D eigenvalue weighted by molar-refractivity contribution is 0.121. The molecule has 0 unspecified atom stereocenters. The van der Waals surface area contributed by atoms with Crippen LogP contribution < -0.4 is 20.0 Å². The highest BCUT2D eigenvalue weighted by Crippen LogP contribution is 2.19. The summed E-state index contributed by atoms with van der Waals surface area (Å²) in [7, 11) is 0. The monoisotopic (exact) mass is 493 g/mol. The van der Waals surface area contributed by atoms with Crippen LogP contribution in [0.2, 0.25) is 0 Å². The highest BCUT2D eigenvalue weighted by Gasteiger charge is 2.20. The van der Waals surface area contributed by atoms with Crippen molar-refractivity contribution in [1.29, 1.82) is 0 Å². The largest absolute Gasteiger partial charge is 0.489 e. The van der Waals surface area contributed by atoms with Crippen molar-refractivity contribution < 1.29 is 18.6 Å². The second-order valence-electron chi connectivity index (χ2n) is 8.28. The molecule has 0 aliphatic carbocycles. The number of hydrazone groups is 1. The molecule has 2 aliphatic heterocycles. The molecule has 2 aliphatic rings. The van der Waals surface area contributed by atoms with Crippen LogP contribution in [0, 0.1) is 5.82 Å². The van der Waals surface area contributed by atoms with Gasteiger partial charge in [0.2, 0.25) is 17.8 Å². The number of ether oxygens (including phenoxy) is 3. The fraction of sp³-hybridized carbons (Fsp3) is 0.360. The molecule has 1 N–H and O–H groups in total. The molecule has 2 saturated heterocycles. The Morgan fingerprint density at radius 2 is 1.47 bits per heavy atom. The predicted octanol–water partition coefficient (Wildman–Crippen LogP) is 2.71. The predicted molar refractivity (Wildman–Crippen MR) is 134 cm³/mol. The number of rotatable bonds is 8. The molecule has 2 aromatic carbocycles. The van der Waals surface area contributed by atoms with Crippen molar-refractivity contribution in [3.63, 3.8) is 0 Å². The van der Waals surface area contributed by atoms with Crippen molar-refractivity contribution in [2.24, 2.45) is 5.10 Å². The van der Waals surface area contributed by atoms with E-state index in [1.807, 2.05) is 24.3 Å². The van der Waals surface area contributed by atoms with Gasteiger partial charge in [0.25, 0.3) is 0 Å². The van der Waals surface area contributed by atoms with Crippen LogP contribution in [0.5, 0.6) is 5.75 Å². The molecule has 3 aromatic rings. The maximum atomic E-state index is 13.8. The van der Waals surface area contributed by atoms with E-state index < -0.39 is 0 Å². The lowest BCUT2D eigenvalue weighted by atomic mass is 10.2. The van der Waals surface area contributed by atoms with Gasteiger partial charge >= 0.3 is 0 Å². The Labute approximate surface area is 208 Å². The number of nitrogens with one attached hydrogen (secondary N) is 1. The van der Waals surface area contributed by atoms with Crippen LogP contribution in [0.4, 0.5) is 22.2 Å². The Balaban J connectivity index is 1.24. The van der Waals surface area contributed by atoms with Gasteiger partial charge in [0.1, 0.15) is 18.2 Å². The second-order valence-corrected chi connectivity index (χ2v) is 8.28. The Morgan fingerprint density at radius 1 is 0.861 bits per heavy atom. The molecule has 188 valence electrons. The zero-order valence-corrected chi connectivity index (χ0v) is 19.8. The standard InChI is InChI=1S/C25H28FN7O3/c26-22-4-2-1-3-20(22)18-36-21-7-5-19(6-8-21)17-27-31-23-28-24(32-9-13-34-14-10-32)30-25(29-23)33-11-15-35-16-12-33/h1-8,17H,9-16,18H2,(H,28,29,30,31)/b27-17-. The molecule has 3 heterocycles. The molecule has 0 saturated carbocycles. The van der Waals surface area contributed by atoms with Crippen LogP contribution in [0.3, 0.4) is 0 Å². The maximum absolute atomic E-state index is 13.8. The van der Waals surface area contributed by atoms with Gasteiger partial charge in [-0.15, -0.1) is 0 Å². The Hall–Kier alpha value is -3.83. The maximum Gasteiger partial charge on any atom is 0.250 e. The summed E-state index contributed by atoms with van der Waals surface area (Å²) in [6.45, 7) is 5.61. The summed E-state index contributed by atoms with van der Waals surface area (Å²) in [5.74, 6) is 1.94. The number of aromatic nitrogens is 3. The zero-order valence-electron chi connectivity index (χ0n) is 19.8. The van der Waals surface area contributed by atoms with Gasteiger partial charge in [0.05, 0.1) is 32.6 Å². The minimum atomic E-state index is -0.279. The van der Waals surface area contributed by atoms with Crippen LogP contribution in [0.25, 0.3) is 0 Å². The fourth-order valence-corrected chi connectivity index (χ4v) is 3.80. The molecule has 2 fully saturated rings. The van der Waals surface area contributed by atoms with E-state index in [0.29, 0.717) is 55.6 Å². The van der Waals surface area contributed by atoms with Gasteiger partial charge in [0, 0.05) is 31.7 Å². The van der Waals surface area contributed by atoms with Gasteiger partial charge in [-0.25, -0.2) is 9.82 Å². The Kier molecular flexibility index (Phi) is 7.79. The van der Waals surface area contributed by atoms with Crippen molar-refractivity contribution in [3.8, 4) is 5.75 Å². The van der Waals surface area contributed by atoms with E-state index in [-0.39, 0.29) is 12.4 Å². The van der Waals surface area contributed by atoms with Gasteiger partial charge in [0.15, 0.2) is 0 Å². The number of hydrogen-bond acceptors (Lipinski definition) is 10. The van der Waals surface area contributed by atoms with Gasteiger partial charge in [-0.2, -0.15) is 20.1 Å². The number of morpholine rings is 2. The molecule has 0 radical (unpaired) electrons. The van der Waals surface area contributed by atoms with Crippen LogP contribution >= 0.6 is 0 Å². The van der Waals surface area contributed by atoms with Crippen molar-refractivity contribution >= 4 is 24.1 Å². The van der Waals surface area contributed by atoms with Crippen molar-refractivity contribution in [2.75, 3.05) is 67.8 Å². The van der Waals surface area contributed by atoms with Gasteiger partial charge in [-0.05, 0) is 35.9 Å². The number of nitrogens with zero attached hydrogens (tertiary/aromatic N) is 6. The molecule has 0 spiro atoms. The number of benzene rings is 2. The van der Waals surface area contributed by atoms with Crippen LogP contribution in [-0.2, 0) is 16.1 Å². The van der Waals surface area contributed by atoms with Crippen LogP contribution in [0.15, 0.2) is 53.6 Å². The Morgan fingerprint density at radius 3 is 2.08 bits per heavy atom. The molecule has 10 nitrogen and oxygen atoms in total. The average molecular weight is 494 g/mol. The van der Waals surface area contributed by atoms with Crippen molar-refractivity contribution in [3.05, 3.63) is 65.5 Å². The number of hydrogen-bond donors (Lipinski definition) is 1. The summed E-state index contributed by atoms with van der Waals surface area (Å²) >= 11 is 0. The van der Waals surface area contributed by atoms with Gasteiger partial charge in [-0.3, -0.25) is 0 Å². The van der Waals surface area contributed by atoms with E-state index >= 15 is 0 Å². The highest BCUT2D eigenvalue weighted by atomic mass is 19.1. The molecule has 36 heavy (non-hydrogen) atoms. The van der Waals surface area contributed by atoms with E-state index in [0.717, 1.165) is 31.7 Å². The number of anilines is 3. The lowest BCUT2D eigenvalue weighted by Crippen LogP contribution is -2.40. The quantitative estimate of drug-likeness (QED) is 0.375. The third kappa shape index (κ3) is 6.23. The van der Waals surface area contributed by atoms with E-state index in [9.17, 15) is 4.39 Å². The topological polar surface area (TPSA) is 97.2 Å². The van der Waals surface area contributed by atoms with Gasteiger partial charge < -0.3 is 24.0 Å². The van der Waals surface area contributed by atoms with Gasteiger partial charge in [-0.1, -0.05) is 18.2 Å². The molecule has 1 aromatic heterocycles. The molecule has 0 bridgehead atoms. The summed E-state index contributed by atoms with van der Waals surface area (Å²) in [6.07, 6.45) is 1.67. The highest BCUT2D eigenvalue weighted by molar-refractivity contribution is 5.80. The Bertz CT molecular complexity index is 1130. The van der Waals surface area contributed by atoms with E-state index in [2.05, 4.69) is 30.3 Å². The lowest BCUT2D eigenvalue weighted by Gasteiger charge is -2.30. The first-order valence-corrected chi connectivity index (χ1v) is 11.9. The first kappa shape index (κ1) is 23.9. The summed E-state index contributed by atoms with van der Waals surface area (Å²) in [5, 5.41) is 4.31. The summed E-state index contributed by atoms with van der Waals surface area (Å²) in [6, 6.07) is 13.9. The van der Waals surface area contributed by atoms with Crippen LogP contribution in [0.1, 0.15) is 11.1 Å². The minimum Gasteiger partial charge on any atom is -0.489 e. The minimum absolute atomic E-state index is 0.165. The summed E-state index contributed by atoms with van der Waals surface area (Å²) in [5.41, 5.74) is 4.31. The summed E-state index contributed by atoms with van der Waals surface area (Å²) < 4.78 is 30.4. The zero-order chi connectivity index (χ0) is 24.6. The second kappa shape index (κ2) is 11.7. The first-order chi connectivity index (χ1) is 17.7. The molecule has 5 rings (SSSR count). The average Bonchev–Trinajstić information content (AvgIpc) is 2.94. The van der Waals surface area contributed by atoms with Crippen LogP contribution in [-0.4, -0.2) is 73.8 Å². The van der Waals surface area contributed by atoms with E-state index in [1.165, 1.54) is 6.07 Å². The fourth-order valence-electron chi connectivity index (χ4n) is 3.80. The normalized spacial score (nSPS) is 16.4. The molecular weight excluding hydrogens is 465 g/mol. The molecule has 11 heteroatoms. The molecule has 0 amide bonds. The SMILES string of the molecule is Fc1ccccc1COc1ccc(/C=N\Nc2nc(N3CCOCC3)nc(N3CCOCC3)n2)cc1.